The molecule has 0 saturated carbocycles. The van der Waals surface area contributed by atoms with Gasteiger partial charge in [0, 0.05) is 25.2 Å². The molecule has 1 fully saturated rings. The Morgan fingerprint density at radius 1 is 1.33 bits per heavy atom. The van der Waals surface area contributed by atoms with Gasteiger partial charge in [0.1, 0.15) is 0 Å². The zero-order chi connectivity index (χ0) is 15.6. The largest absolute Gasteiger partial charge is 0.329 e. The molecule has 0 spiro atoms. The van der Waals surface area contributed by atoms with Gasteiger partial charge in [0.25, 0.3) is 0 Å². The number of halogens is 3. The average Bonchev–Trinajstić information content (AvgIpc) is 2.45. The van der Waals surface area contributed by atoms with Gasteiger partial charge in [-0.05, 0) is 51.2 Å². The zero-order valence-electron chi connectivity index (χ0n) is 12.5. The molecule has 2 atom stereocenters. The van der Waals surface area contributed by atoms with Crippen LogP contribution in [0.25, 0.3) is 0 Å². The molecule has 6 heteroatoms. The van der Waals surface area contributed by atoms with Gasteiger partial charge >= 0.3 is 0 Å². The molecule has 0 radical (unpaired) electrons. The van der Waals surface area contributed by atoms with Crippen molar-refractivity contribution in [3.05, 3.63) is 35.1 Å². The van der Waals surface area contributed by atoms with Crippen LogP contribution < -0.4 is 5.73 Å². The van der Waals surface area contributed by atoms with Crippen molar-refractivity contribution in [1.29, 1.82) is 0 Å². The quantitative estimate of drug-likeness (QED) is 0.865. The van der Waals surface area contributed by atoms with E-state index in [0.29, 0.717) is 5.56 Å². The third kappa shape index (κ3) is 3.56. The molecular formula is C15H22F3N3. The highest BCUT2D eigenvalue weighted by molar-refractivity contribution is 5.23. The summed E-state index contributed by atoms with van der Waals surface area (Å²) in [7, 11) is 3.95. The van der Waals surface area contributed by atoms with E-state index in [-0.39, 0.29) is 18.6 Å². The summed E-state index contributed by atoms with van der Waals surface area (Å²) in [6, 6.07) is 2.03. The van der Waals surface area contributed by atoms with Gasteiger partial charge in [-0.15, -0.1) is 0 Å². The predicted octanol–water partition coefficient (Wildman–Crippen LogP) is 2.13. The lowest BCUT2D eigenvalue weighted by molar-refractivity contribution is 0.101. The Morgan fingerprint density at radius 2 is 1.95 bits per heavy atom. The summed E-state index contributed by atoms with van der Waals surface area (Å²) in [6.07, 6.45) is 2.10. The number of piperidine rings is 1. The first-order chi connectivity index (χ1) is 9.93. The van der Waals surface area contributed by atoms with Gasteiger partial charge in [-0.3, -0.25) is 4.90 Å². The van der Waals surface area contributed by atoms with Crippen molar-refractivity contribution in [3.63, 3.8) is 0 Å². The molecule has 1 aliphatic rings. The molecule has 1 aliphatic heterocycles. The molecular weight excluding hydrogens is 279 g/mol. The maximum Gasteiger partial charge on any atom is 0.194 e. The Bertz CT molecular complexity index is 472. The molecule has 21 heavy (non-hydrogen) atoms. The summed E-state index contributed by atoms with van der Waals surface area (Å²) in [6.45, 7) is 2.16. The van der Waals surface area contributed by atoms with Crippen molar-refractivity contribution in [2.75, 3.05) is 33.7 Å². The van der Waals surface area contributed by atoms with E-state index < -0.39 is 17.5 Å². The van der Waals surface area contributed by atoms with Crippen LogP contribution >= 0.6 is 0 Å². The first-order valence-corrected chi connectivity index (χ1v) is 7.19. The van der Waals surface area contributed by atoms with E-state index >= 15 is 0 Å². The highest BCUT2D eigenvalue weighted by Gasteiger charge is 2.27. The highest BCUT2D eigenvalue weighted by Crippen LogP contribution is 2.26. The van der Waals surface area contributed by atoms with Crippen molar-refractivity contribution >= 4 is 0 Å². The summed E-state index contributed by atoms with van der Waals surface area (Å²) in [4.78, 5) is 4.27. The minimum atomic E-state index is -1.44. The van der Waals surface area contributed by atoms with Crippen LogP contribution in [0.1, 0.15) is 24.4 Å². The van der Waals surface area contributed by atoms with E-state index in [1.165, 1.54) is 0 Å². The Balaban J connectivity index is 2.22. The van der Waals surface area contributed by atoms with Gasteiger partial charge in [-0.1, -0.05) is 0 Å². The number of benzene rings is 1. The van der Waals surface area contributed by atoms with Crippen molar-refractivity contribution in [2.24, 2.45) is 5.73 Å². The second-order valence-corrected chi connectivity index (χ2v) is 5.77. The number of rotatable bonds is 4. The van der Waals surface area contributed by atoms with Crippen LogP contribution in [0.5, 0.6) is 0 Å². The monoisotopic (exact) mass is 301 g/mol. The third-order valence-corrected chi connectivity index (χ3v) is 4.28. The summed E-state index contributed by atoms with van der Waals surface area (Å²) in [5.74, 6) is -3.77. The van der Waals surface area contributed by atoms with E-state index in [9.17, 15) is 13.2 Å². The SMILES string of the molecule is CN1CCCC(N(C)C(CN)c2cc(F)c(F)c(F)c2)C1. The van der Waals surface area contributed by atoms with E-state index in [2.05, 4.69) is 11.9 Å². The molecule has 2 rings (SSSR count). The Morgan fingerprint density at radius 3 is 2.48 bits per heavy atom. The van der Waals surface area contributed by atoms with Gasteiger partial charge in [0.15, 0.2) is 17.5 Å². The summed E-state index contributed by atoms with van der Waals surface area (Å²) in [5.41, 5.74) is 6.17. The van der Waals surface area contributed by atoms with Crippen molar-refractivity contribution in [3.8, 4) is 0 Å². The second-order valence-electron chi connectivity index (χ2n) is 5.77. The third-order valence-electron chi connectivity index (χ3n) is 4.28. The number of likely N-dealkylation sites (N-methyl/N-ethyl adjacent to an activating group) is 2. The smallest absolute Gasteiger partial charge is 0.194 e. The lowest BCUT2D eigenvalue weighted by atomic mass is 9.99. The van der Waals surface area contributed by atoms with Crippen molar-refractivity contribution in [2.45, 2.75) is 24.9 Å². The van der Waals surface area contributed by atoms with Gasteiger partial charge in [0.2, 0.25) is 0 Å². The maximum atomic E-state index is 13.4. The van der Waals surface area contributed by atoms with Crippen LogP contribution in [0.3, 0.4) is 0 Å². The van der Waals surface area contributed by atoms with Gasteiger partial charge in [0.05, 0.1) is 0 Å². The highest BCUT2D eigenvalue weighted by atomic mass is 19.2. The topological polar surface area (TPSA) is 32.5 Å². The lowest BCUT2D eigenvalue weighted by Gasteiger charge is -2.40. The predicted molar refractivity (Wildman–Crippen MR) is 76.4 cm³/mol. The zero-order valence-corrected chi connectivity index (χ0v) is 12.5. The lowest BCUT2D eigenvalue weighted by Crippen LogP contribution is -2.47. The van der Waals surface area contributed by atoms with Crippen LogP contribution in [-0.4, -0.2) is 49.6 Å². The molecule has 0 amide bonds. The Labute approximate surface area is 123 Å². The number of likely N-dealkylation sites (tertiary alicyclic amines) is 1. The van der Waals surface area contributed by atoms with Gasteiger partial charge < -0.3 is 10.6 Å². The average molecular weight is 301 g/mol. The van der Waals surface area contributed by atoms with Crippen LogP contribution in [0, 0.1) is 17.5 Å². The Hall–Kier alpha value is -1.11. The second kappa shape index (κ2) is 6.77. The van der Waals surface area contributed by atoms with Crippen LogP contribution in [-0.2, 0) is 0 Å². The summed E-state index contributed by atoms with van der Waals surface area (Å²) in [5, 5.41) is 0. The number of nitrogens with zero attached hydrogens (tertiary/aromatic N) is 2. The van der Waals surface area contributed by atoms with Crippen molar-refractivity contribution < 1.29 is 13.2 Å². The first-order valence-electron chi connectivity index (χ1n) is 7.19. The van der Waals surface area contributed by atoms with Crippen molar-refractivity contribution in [1.82, 2.24) is 9.80 Å². The molecule has 0 aliphatic carbocycles. The fraction of sp³-hybridized carbons (Fsp3) is 0.600. The molecule has 3 nitrogen and oxygen atoms in total. The van der Waals surface area contributed by atoms with Gasteiger partial charge in [-0.2, -0.15) is 0 Å². The van der Waals surface area contributed by atoms with E-state index in [0.717, 1.165) is 38.1 Å². The molecule has 0 bridgehead atoms. The number of nitrogens with two attached hydrogens (primary N) is 1. The van der Waals surface area contributed by atoms with Crippen LogP contribution in [0.2, 0.25) is 0 Å². The maximum absolute atomic E-state index is 13.4. The number of hydrogen-bond donors (Lipinski definition) is 1. The molecule has 0 aromatic heterocycles. The summed E-state index contributed by atoms with van der Waals surface area (Å²) < 4.78 is 39.9. The summed E-state index contributed by atoms with van der Waals surface area (Å²) >= 11 is 0. The molecule has 1 saturated heterocycles. The molecule has 1 aromatic rings. The van der Waals surface area contributed by atoms with Crippen LogP contribution in [0.15, 0.2) is 12.1 Å². The number of hydrogen-bond acceptors (Lipinski definition) is 3. The first kappa shape index (κ1) is 16.3. The van der Waals surface area contributed by atoms with E-state index in [1.54, 1.807) is 0 Å². The van der Waals surface area contributed by atoms with E-state index in [4.69, 9.17) is 5.73 Å². The van der Waals surface area contributed by atoms with Crippen LogP contribution in [0.4, 0.5) is 13.2 Å². The minimum Gasteiger partial charge on any atom is -0.329 e. The van der Waals surface area contributed by atoms with E-state index in [1.807, 2.05) is 11.9 Å². The minimum absolute atomic E-state index is 0.223. The molecule has 2 unspecified atom stereocenters. The van der Waals surface area contributed by atoms with Gasteiger partial charge in [-0.25, -0.2) is 13.2 Å². The fourth-order valence-corrected chi connectivity index (χ4v) is 3.03. The standard InChI is InChI=1S/C15H22F3N3/c1-20-5-3-4-11(9-20)21(2)14(8-19)10-6-12(16)15(18)13(17)7-10/h6-7,11,14H,3-5,8-9,19H2,1-2H3. The fourth-order valence-electron chi connectivity index (χ4n) is 3.03. The molecule has 2 N–H and O–H groups in total. The Kier molecular flexibility index (Phi) is 5.24. The molecule has 1 heterocycles. The normalized spacial score (nSPS) is 21.8. The molecule has 1 aromatic carbocycles. The molecule has 118 valence electrons.